The van der Waals surface area contributed by atoms with Crippen LogP contribution in [0.2, 0.25) is 0 Å². The van der Waals surface area contributed by atoms with Crippen LogP contribution < -0.4 is 16.0 Å². The number of amides is 4. The molecule has 3 fully saturated rings. The number of hydrogen-bond acceptors (Lipinski definition) is 8. The first-order valence-corrected chi connectivity index (χ1v) is 13.8. The van der Waals surface area contributed by atoms with Crippen molar-refractivity contribution in [3.8, 4) is 0 Å². The van der Waals surface area contributed by atoms with Crippen LogP contribution in [-0.4, -0.2) is 60.7 Å². The van der Waals surface area contributed by atoms with Crippen LogP contribution in [0.15, 0.2) is 36.8 Å². The van der Waals surface area contributed by atoms with Crippen LogP contribution in [0.1, 0.15) is 76.9 Å². The standard InChI is InChI=1S/C28H30N8O4/c1-34-13-18(12-30-34)31-22-14-35(33-25(22)16-2-3-16)19-8-15(9-19)11-29-17-4-5-20-21(10-17)28(40)36(27(20)39)23-6-7-24(37)32-26(23)38/h4-5,10,12-16,19,23,29,31H,2-3,6-9,11H2,1H3,(H,32,37,38)/t15-,19-,23?. The van der Waals surface area contributed by atoms with Gasteiger partial charge in [0, 0.05) is 44.0 Å². The van der Waals surface area contributed by atoms with Crippen molar-refractivity contribution in [2.75, 3.05) is 17.2 Å². The van der Waals surface area contributed by atoms with Crippen LogP contribution in [0.25, 0.3) is 0 Å². The third-order valence-corrected chi connectivity index (χ3v) is 8.33. The zero-order valence-electron chi connectivity index (χ0n) is 22.1. The third-order valence-electron chi connectivity index (χ3n) is 8.33. The molecule has 4 aliphatic rings. The second-order valence-corrected chi connectivity index (χ2v) is 11.3. The number of imide groups is 2. The number of rotatable bonds is 8. The Balaban J connectivity index is 0.968. The molecule has 3 aromatic rings. The Kier molecular flexibility index (Phi) is 5.72. The molecule has 0 bridgehead atoms. The molecule has 12 heteroatoms. The maximum Gasteiger partial charge on any atom is 0.262 e. The number of aryl methyl sites for hydroxylation is 1. The molecule has 4 amide bonds. The summed E-state index contributed by atoms with van der Waals surface area (Å²) in [6.45, 7) is 0.742. The summed E-state index contributed by atoms with van der Waals surface area (Å²) in [7, 11) is 1.90. The van der Waals surface area contributed by atoms with Crippen LogP contribution in [0.3, 0.4) is 0 Å². The molecule has 1 unspecified atom stereocenters. The minimum absolute atomic E-state index is 0.0990. The summed E-state index contributed by atoms with van der Waals surface area (Å²) in [6, 6.07) is 4.49. The molecule has 4 heterocycles. The molecule has 12 nitrogen and oxygen atoms in total. The smallest absolute Gasteiger partial charge is 0.262 e. The fourth-order valence-corrected chi connectivity index (χ4v) is 5.91. The molecule has 40 heavy (non-hydrogen) atoms. The van der Waals surface area contributed by atoms with E-state index in [4.69, 9.17) is 5.10 Å². The van der Waals surface area contributed by atoms with Crippen molar-refractivity contribution in [3.63, 3.8) is 0 Å². The first-order chi connectivity index (χ1) is 19.3. The maximum atomic E-state index is 13.1. The van der Waals surface area contributed by atoms with Crippen LogP contribution in [0.4, 0.5) is 17.1 Å². The van der Waals surface area contributed by atoms with E-state index >= 15 is 0 Å². The Morgan fingerprint density at radius 1 is 1.00 bits per heavy atom. The quantitative estimate of drug-likeness (QED) is 0.369. The van der Waals surface area contributed by atoms with Gasteiger partial charge in [-0.05, 0) is 56.2 Å². The SMILES string of the molecule is Cn1cc(Nc2cn([C@H]3C[C@H](CNc4ccc5c(c4)C(=O)N(C4CCC(=O)NC4=O)C5=O)C3)nc2C2CC2)cn1. The molecule has 206 valence electrons. The van der Waals surface area contributed by atoms with E-state index in [2.05, 4.69) is 31.9 Å². The minimum atomic E-state index is -0.962. The minimum Gasteiger partial charge on any atom is -0.385 e. The molecule has 2 aromatic heterocycles. The van der Waals surface area contributed by atoms with Crippen molar-refractivity contribution in [2.24, 2.45) is 13.0 Å². The van der Waals surface area contributed by atoms with Gasteiger partial charge in [-0.15, -0.1) is 0 Å². The molecule has 7 rings (SSSR count). The molecular formula is C28H30N8O4. The van der Waals surface area contributed by atoms with Gasteiger partial charge in [-0.3, -0.25) is 38.8 Å². The molecule has 3 N–H and O–H groups in total. The highest BCUT2D eigenvalue weighted by Crippen LogP contribution is 2.45. The average Bonchev–Trinajstić information content (AvgIpc) is 3.47. The van der Waals surface area contributed by atoms with Gasteiger partial charge in [0.05, 0.1) is 40.4 Å². The Labute approximate surface area is 230 Å². The van der Waals surface area contributed by atoms with Crippen LogP contribution in [0.5, 0.6) is 0 Å². The largest absolute Gasteiger partial charge is 0.385 e. The van der Waals surface area contributed by atoms with E-state index in [0.717, 1.165) is 47.0 Å². The Bertz CT molecular complexity index is 1550. The highest BCUT2D eigenvalue weighted by Gasteiger charge is 2.44. The summed E-state index contributed by atoms with van der Waals surface area (Å²) in [5, 5.41) is 18.3. The number of aromatic nitrogens is 4. The summed E-state index contributed by atoms with van der Waals surface area (Å²) < 4.78 is 3.88. The number of benzene rings is 1. The third kappa shape index (κ3) is 4.33. The monoisotopic (exact) mass is 542 g/mol. The summed E-state index contributed by atoms with van der Waals surface area (Å²) in [5.41, 5.74) is 4.46. The summed E-state index contributed by atoms with van der Waals surface area (Å²) in [5.74, 6) is -1.00. The van der Waals surface area contributed by atoms with E-state index < -0.39 is 23.8 Å². The van der Waals surface area contributed by atoms with E-state index in [0.29, 0.717) is 17.9 Å². The van der Waals surface area contributed by atoms with Gasteiger partial charge in [-0.25, -0.2) is 0 Å². The van der Waals surface area contributed by atoms with E-state index in [1.165, 1.54) is 12.8 Å². The Morgan fingerprint density at radius 2 is 1.80 bits per heavy atom. The number of piperidine rings is 1. The number of carbonyl (C=O) groups excluding carboxylic acids is 4. The number of anilines is 3. The zero-order chi connectivity index (χ0) is 27.5. The van der Waals surface area contributed by atoms with Crippen molar-refractivity contribution in [3.05, 3.63) is 53.6 Å². The van der Waals surface area contributed by atoms with Gasteiger partial charge in [0.25, 0.3) is 11.8 Å². The fourth-order valence-electron chi connectivity index (χ4n) is 5.91. The summed E-state index contributed by atoms with van der Waals surface area (Å²) in [6.07, 6.45) is 10.5. The molecule has 1 saturated heterocycles. The van der Waals surface area contributed by atoms with Gasteiger partial charge in [-0.1, -0.05) is 0 Å². The molecule has 0 spiro atoms. The first-order valence-electron chi connectivity index (χ1n) is 13.8. The predicted octanol–water partition coefficient (Wildman–Crippen LogP) is 2.70. The first kappa shape index (κ1) is 24.6. The Morgan fingerprint density at radius 3 is 2.52 bits per heavy atom. The maximum absolute atomic E-state index is 13.1. The fraction of sp³-hybridized carbons (Fsp3) is 0.429. The van der Waals surface area contributed by atoms with Crippen molar-refractivity contribution >= 4 is 40.7 Å². The molecular weight excluding hydrogens is 512 g/mol. The molecule has 1 atom stereocenters. The average molecular weight is 543 g/mol. The van der Waals surface area contributed by atoms with E-state index in [1.54, 1.807) is 22.9 Å². The van der Waals surface area contributed by atoms with Gasteiger partial charge in [0.1, 0.15) is 6.04 Å². The van der Waals surface area contributed by atoms with E-state index in [1.807, 2.05) is 19.4 Å². The number of carbonyl (C=O) groups is 4. The van der Waals surface area contributed by atoms with Gasteiger partial charge in [0.15, 0.2) is 0 Å². The highest BCUT2D eigenvalue weighted by atomic mass is 16.2. The lowest BCUT2D eigenvalue weighted by molar-refractivity contribution is -0.136. The van der Waals surface area contributed by atoms with Crippen LogP contribution >= 0.6 is 0 Å². The predicted molar refractivity (Wildman–Crippen MR) is 144 cm³/mol. The molecule has 0 radical (unpaired) electrons. The number of fused-ring (bicyclic) bond motifs is 1. The molecule has 1 aromatic carbocycles. The van der Waals surface area contributed by atoms with E-state index in [9.17, 15) is 19.2 Å². The van der Waals surface area contributed by atoms with E-state index in [-0.39, 0.29) is 29.9 Å². The van der Waals surface area contributed by atoms with Crippen LogP contribution in [0, 0.1) is 5.92 Å². The second kappa shape index (κ2) is 9.32. The van der Waals surface area contributed by atoms with Gasteiger partial charge in [-0.2, -0.15) is 10.2 Å². The van der Waals surface area contributed by atoms with Crippen molar-refractivity contribution in [1.82, 2.24) is 29.8 Å². The topological polar surface area (TPSA) is 143 Å². The lowest BCUT2D eigenvalue weighted by atomic mass is 9.80. The number of hydrogen-bond donors (Lipinski definition) is 3. The van der Waals surface area contributed by atoms with Crippen molar-refractivity contribution in [2.45, 2.75) is 56.5 Å². The molecule has 2 aliphatic carbocycles. The normalized spacial score (nSPS) is 24.1. The van der Waals surface area contributed by atoms with Gasteiger partial charge < -0.3 is 10.6 Å². The number of nitrogens with one attached hydrogen (secondary N) is 3. The summed E-state index contributed by atoms with van der Waals surface area (Å²) in [4.78, 5) is 50.8. The van der Waals surface area contributed by atoms with Crippen molar-refractivity contribution < 1.29 is 19.2 Å². The Hall–Kier alpha value is -4.48. The zero-order valence-corrected chi connectivity index (χ0v) is 22.1. The second-order valence-electron chi connectivity index (χ2n) is 11.3. The lowest BCUT2D eigenvalue weighted by Gasteiger charge is -2.35. The lowest BCUT2D eigenvalue weighted by Crippen LogP contribution is -2.54. The van der Waals surface area contributed by atoms with Gasteiger partial charge >= 0.3 is 0 Å². The molecule has 2 saturated carbocycles. The highest BCUT2D eigenvalue weighted by molar-refractivity contribution is 6.23. The van der Waals surface area contributed by atoms with Crippen molar-refractivity contribution in [1.29, 1.82) is 0 Å². The summed E-state index contributed by atoms with van der Waals surface area (Å²) >= 11 is 0. The van der Waals surface area contributed by atoms with Crippen LogP contribution in [-0.2, 0) is 16.6 Å². The molecule has 2 aliphatic heterocycles. The van der Waals surface area contributed by atoms with Gasteiger partial charge in [0.2, 0.25) is 11.8 Å². The number of nitrogens with zero attached hydrogens (tertiary/aromatic N) is 5.